The second kappa shape index (κ2) is 4.20. The molecule has 1 aromatic carbocycles. The molecule has 1 unspecified atom stereocenters. The van der Waals surface area contributed by atoms with Gasteiger partial charge in [0.15, 0.2) is 5.82 Å². The van der Waals surface area contributed by atoms with Crippen molar-refractivity contribution >= 4 is 5.69 Å². The minimum absolute atomic E-state index is 0.285. The van der Waals surface area contributed by atoms with Gasteiger partial charge in [-0.2, -0.15) is 5.10 Å². The number of rotatable bonds is 3. The third-order valence-corrected chi connectivity index (χ3v) is 3.18. The lowest BCUT2D eigenvalue weighted by Gasteiger charge is -2.04. The van der Waals surface area contributed by atoms with Crippen molar-refractivity contribution in [2.75, 3.05) is 11.9 Å². The van der Waals surface area contributed by atoms with Gasteiger partial charge < -0.3 is 5.32 Å². The molecule has 4 nitrogen and oxygen atoms in total. The van der Waals surface area contributed by atoms with Gasteiger partial charge in [-0.05, 0) is 18.1 Å². The minimum atomic E-state index is 0.285. The summed E-state index contributed by atoms with van der Waals surface area (Å²) >= 11 is 0. The van der Waals surface area contributed by atoms with Gasteiger partial charge in [0.2, 0.25) is 0 Å². The van der Waals surface area contributed by atoms with Crippen LogP contribution in [0, 0.1) is 0 Å². The van der Waals surface area contributed by atoms with E-state index in [9.17, 15) is 0 Å². The molecular weight excluding hydrogens is 212 g/mol. The summed E-state index contributed by atoms with van der Waals surface area (Å²) in [6.07, 6.45) is 2.06. The summed E-state index contributed by atoms with van der Waals surface area (Å²) in [6, 6.07) is 8.37. The molecule has 88 valence electrons. The molecule has 17 heavy (non-hydrogen) atoms. The highest BCUT2D eigenvalue weighted by Gasteiger charge is 2.26. The van der Waals surface area contributed by atoms with Crippen molar-refractivity contribution in [1.82, 2.24) is 15.2 Å². The number of para-hydroxylation sites is 1. The van der Waals surface area contributed by atoms with Gasteiger partial charge in [-0.3, -0.25) is 5.10 Å². The van der Waals surface area contributed by atoms with Crippen molar-refractivity contribution in [2.45, 2.75) is 25.7 Å². The van der Waals surface area contributed by atoms with Gasteiger partial charge in [-0.1, -0.05) is 25.1 Å². The molecule has 2 N–H and O–H groups in total. The predicted molar refractivity (Wildman–Crippen MR) is 67.2 cm³/mol. The number of benzene rings is 1. The van der Waals surface area contributed by atoms with E-state index in [-0.39, 0.29) is 5.92 Å². The summed E-state index contributed by atoms with van der Waals surface area (Å²) in [5.41, 5.74) is 2.51. The van der Waals surface area contributed by atoms with Gasteiger partial charge in [0.05, 0.1) is 5.92 Å². The Morgan fingerprint density at radius 3 is 3.12 bits per heavy atom. The first-order valence-electron chi connectivity index (χ1n) is 6.12. The maximum absolute atomic E-state index is 4.57. The number of aryl methyl sites for hydroxylation is 1. The third kappa shape index (κ3) is 1.79. The van der Waals surface area contributed by atoms with Gasteiger partial charge in [0.25, 0.3) is 0 Å². The van der Waals surface area contributed by atoms with Crippen molar-refractivity contribution in [3.8, 4) is 0 Å². The van der Waals surface area contributed by atoms with Crippen molar-refractivity contribution in [1.29, 1.82) is 0 Å². The Labute approximate surface area is 100 Å². The van der Waals surface area contributed by atoms with Crippen LogP contribution in [0.1, 0.15) is 36.5 Å². The largest absolute Gasteiger partial charge is 0.384 e. The first-order chi connectivity index (χ1) is 8.38. The SMILES string of the molecule is CCCc1nc(C2CNc3ccccc32)n[nH]1. The maximum atomic E-state index is 4.57. The topological polar surface area (TPSA) is 53.6 Å². The molecule has 2 aromatic rings. The van der Waals surface area contributed by atoms with Gasteiger partial charge >= 0.3 is 0 Å². The molecule has 4 heteroatoms. The minimum Gasteiger partial charge on any atom is -0.384 e. The summed E-state index contributed by atoms with van der Waals surface area (Å²) in [6.45, 7) is 3.04. The van der Waals surface area contributed by atoms with Crippen molar-refractivity contribution in [3.05, 3.63) is 41.5 Å². The molecule has 1 aliphatic heterocycles. The first-order valence-corrected chi connectivity index (χ1v) is 6.12. The number of H-pyrrole nitrogens is 1. The Hall–Kier alpha value is -1.84. The molecule has 0 aliphatic carbocycles. The maximum Gasteiger partial charge on any atom is 0.159 e. The molecule has 0 fully saturated rings. The van der Waals surface area contributed by atoms with Crippen LogP contribution in [0.25, 0.3) is 0 Å². The zero-order chi connectivity index (χ0) is 11.7. The van der Waals surface area contributed by atoms with Crippen LogP contribution in [0.15, 0.2) is 24.3 Å². The number of hydrogen-bond acceptors (Lipinski definition) is 3. The Morgan fingerprint density at radius 1 is 1.35 bits per heavy atom. The molecule has 3 rings (SSSR count). The van der Waals surface area contributed by atoms with Crippen molar-refractivity contribution in [3.63, 3.8) is 0 Å². The van der Waals surface area contributed by atoms with Crippen LogP contribution in [0.3, 0.4) is 0 Å². The second-order valence-corrected chi connectivity index (χ2v) is 4.41. The van der Waals surface area contributed by atoms with Crippen LogP contribution in [0.5, 0.6) is 0 Å². The van der Waals surface area contributed by atoms with E-state index in [0.29, 0.717) is 0 Å². The Balaban J connectivity index is 1.90. The Kier molecular flexibility index (Phi) is 2.55. The van der Waals surface area contributed by atoms with E-state index in [1.807, 2.05) is 0 Å². The van der Waals surface area contributed by atoms with Crippen LogP contribution >= 0.6 is 0 Å². The summed E-state index contributed by atoms with van der Waals surface area (Å²) < 4.78 is 0. The third-order valence-electron chi connectivity index (χ3n) is 3.18. The molecule has 0 radical (unpaired) electrons. The number of aromatic amines is 1. The van der Waals surface area contributed by atoms with Crippen LogP contribution < -0.4 is 5.32 Å². The molecule has 0 saturated heterocycles. The van der Waals surface area contributed by atoms with Crippen LogP contribution in [0.2, 0.25) is 0 Å². The molecule has 0 spiro atoms. The first kappa shape index (κ1) is 10.3. The summed E-state index contributed by atoms with van der Waals surface area (Å²) in [7, 11) is 0. The highest BCUT2D eigenvalue weighted by Crippen LogP contribution is 2.34. The molecule has 1 atom stereocenters. The monoisotopic (exact) mass is 228 g/mol. The molecule has 1 aromatic heterocycles. The molecule has 0 amide bonds. The summed E-state index contributed by atoms with van der Waals surface area (Å²) in [4.78, 5) is 4.57. The molecule has 0 bridgehead atoms. The standard InChI is InChI=1S/C13H16N4/c1-2-5-12-15-13(17-16-12)10-8-14-11-7-4-3-6-9(10)11/h3-4,6-7,10,14H,2,5,8H2,1H3,(H,15,16,17). The van der Waals surface area contributed by atoms with Crippen molar-refractivity contribution in [2.24, 2.45) is 0 Å². The van der Waals surface area contributed by atoms with E-state index in [1.54, 1.807) is 0 Å². The zero-order valence-corrected chi connectivity index (χ0v) is 9.90. The normalized spacial score (nSPS) is 17.8. The average Bonchev–Trinajstić information content (AvgIpc) is 2.95. The van der Waals surface area contributed by atoms with E-state index in [2.05, 4.69) is 51.7 Å². The molecule has 2 heterocycles. The lowest BCUT2D eigenvalue weighted by Crippen LogP contribution is -2.05. The zero-order valence-electron chi connectivity index (χ0n) is 9.90. The quantitative estimate of drug-likeness (QED) is 0.847. The van der Waals surface area contributed by atoms with E-state index >= 15 is 0 Å². The number of nitrogens with one attached hydrogen (secondary N) is 2. The number of anilines is 1. The smallest absolute Gasteiger partial charge is 0.159 e. The van der Waals surface area contributed by atoms with Gasteiger partial charge in [-0.15, -0.1) is 0 Å². The highest BCUT2D eigenvalue weighted by atomic mass is 15.2. The van der Waals surface area contributed by atoms with Gasteiger partial charge in [-0.25, -0.2) is 4.98 Å². The molecule has 1 aliphatic rings. The fourth-order valence-electron chi connectivity index (χ4n) is 2.33. The number of nitrogens with zero attached hydrogens (tertiary/aromatic N) is 2. The van der Waals surface area contributed by atoms with E-state index in [4.69, 9.17) is 0 Å². The highest BCUT2D eigenvalue weighted by molar-refractivity contribution is 5.59. The van der Waals surface area contributed by atoms with E-state index in [1.165, 1.54) is 11.3 Å². The number of hydrogen-bond donors (Lipinski definition) is 2. The summed E-state index contributed by atoms with van der Waals surface area (Å²) in [5.74, 6) is 2.19. The van der Waals surface area contributed by atoms with Crippen LogP contribution in [0.4, 0.5) is 5.69 Å². The fraction of sp³-hybridized carbons (Fsp3) is 0.385. The molecular formula is C13H16N4. The Bertz CT molecular complexity index is 518. The predicted octanol–water partition coefficient (Wildman–Crippen LogP) is 2.31. The fourth-order valence-corrected chi connectivity index (χ4v) is 2.33. The van der Waals surface area contributed by atoms with Crippen LogP contribution in [-0.2, 0) is 6.42 Å². The number of fused-ring (bicyclic) bond motifs is 1. The van der Waals surface area contributed by atoms with Crippen molar-refractivity contribution < 1.29 is 0 Å². The molecule has 0 saturated carbocycles. The Morgan fingerprint density at radius 2 is 2.24 bits per heavy atom. The number of aromatic nitrogens is 3. The van der Waals surface area contributed by atoms with E-state index in [0.717, 1.165) is 31.0 Å². The van der Waals surface area contributed by atoms with Crippen LogP contribution in [-0.4, -0.2) is 21.7 Å². The summed E-state index contributed by atoms with van der Waals surface area (Å²) in [5, 5.41) is 10.8. The van der Waals surface area contributed by atoms with Gasteiger partial charge in [0.1, 0.15) is 5.82 Å². The average molecular weight is 228 g/mol. The second-order valence-electron chi connectivity index (χ2n) is 4.41. The van der Waals surface area contributed by atoms with Gasteiger partial charge in [0, 0.05) is 18.7 Å². The van der Waals surface area contributed by atoms with E-state index < -0.39 is 0 Å². The lowest BCUT2D eigenvalue weighted by molar-refractivity contribution is 0.813. The lowest BCUT2D eigenvalue weighted by atomic mass is 10.0.